The van der Waals surface area contributed by atoms with Crippen LogP contribution in [0.5, 0.6) is 0 Å². The minimum absolute atomic E-state index is 0.237. The summed E-state index contributed by atoms with van der Waals surface area (Å²) in [6.07, 6.45) is 4.60. The van der Waals surface area contributed by atoms with Crippen LogP contribution in [0, 0.1) is 5.92 Å². The summed E-state index contributed by atoms with van der Waals surface area (Å²) in [5, 5.41) is 7.37. The summed E-state index contributed by atoms with van der Waals surface area (Å²) < 4.78 is 0. The number of nitrogens with zero attached hydrogens (tertiary/aromatic N) is 1. The standard InChI is InChI=1S/C14H20N2OS/c17-14-7-12(8-15-14)13-3-1-2-5-16(13)9-11-4-6-18-10-11/h4,6,10,12-13H,1-3,5,7-9H2,(H,15,17). The molecule has 0 saturated carbocycles. The van der Waals surface area contributed by atoms with Gasteiger partial charge in [-0.05, 0) is 41.8 Å². The van der Waals surface area contributed by atoms with Crippen LogP contribution in [0.15, 0.2) is 16.8 Å². The Bertz CT molecular complexity index is 404. The van der Waals surface area contributed by atoms with Gasteiger partial charge in [-0.25, -0.2) is 0 Å². The van der Waals surface area contributed by atoms with Gasteiger partial charge < -0.3 is 5.32 Å². The highest BCUT2D eigenvalue weighted by Gasteiger charge is 2.34. The largest absolute Gasteiger partial charge is 0.356 e. The second-order valence-electron chi connectivity index (χ2n) is 5.43. The second-order valence-corrected chi connectivity index (χ2v) is 6.21. The van der Waals surface area contributed by atoms with E-state index in [1.807, 2.05) is 0 Å². The van der Waals surface area contributed by atoms with E-state index < -0.39 is 0 Å². The average Bonchev–Trinajstić information content (AvgIpc) is 3.02. The van der Waals surface area contributed by atoms with Gasteiger partial charge in [0.25, 0.3) is 0 Å². The minimum Gasteiger partial charge on any atom is -0.356 e. The third-order valence-electron chi connectivity index (χ3n) is 4.18. The van der Waals surface area contributed by atoms with Crippen LogP contribution in [-0.2, 0) is 11.3 Å². The Morgan fingerprint density at radius 3 is 3.11 bits per heavy atom. The van der Waals surface area contributed by atoms with Crippen molar-refractivity contribution in [3.05, 3.63) is 22.4 Å². The molecule has 3 nitrogen and oxygen atoms in total. The summed E-state index contributed by atoms with van der Waals surface area (Å²) in [5.41, 5.74) is 1.42. The molecule has 0 aromatic carbocycles. The highest BCUT2D eigenvalue weighted by molar-refractivity contribution is 7.07. The number of thiophene rings is 1. The van der Waals surface area contributed by atoms with E-state index >= 15 is 0 Å². The number of carbonyl (C=O) groups excluding carboxylic acids is 1. The first-order valence-corrected chi connectivity index (χ1v) is 7.79. The molecule has 2 aliphatic heterocycles. The molecule has 0 bridgehead atoms. The van der Waals surface area contributed by atoms with Crippen LogP contribution in [0.2, 0.25) is 0 Å². The van der Waals surface area contributed by atoms with Crippen molar-refractivity contribution >= 4 is 17.2 Å². The van der Waals surface area contributed by atoms with Crippen LogP contribution >= 0.6 is 11.3 Å². The van der Waals surface area contributed by atoms with Gasteiger partial charge in [-0.15, -0.1) is 0 Å². The smallest absolute Gasteiger partial charge is 0.220 e. The van der Waals surface area contributed by atoms with Crippen LogP contribution < -0.4 is 5.32 Å². The summed E-state index contributed by atoms with van der Waals surface area (Å²) in [4.78, 5) is 14.0. The maximum absolute atomic E-state index is 11.4. The molecule has 0 aliphatic carbocycles. The number of rotatable bonds is 3. The second kappa shape index (κ2) is 5.41. The van der Waals surface area contributed by atoms with E-state index in [0.29, 0.717) is 12.0 Å². The topological polar surface area (TPSA) is 32.3 Å². The summed E-state index contributed by atoms with van der Waals surface area (Å²) in [6, 6.07) is 2.81. The molecule has 0 radical (unpaired) electrons. The first-order valence-electron chi connectivity index (χ1n) is 6.85. The van der Waals surface area contributed by atoms with Gasteiger partial charge in [0.05, 0.1) is 0 Å². The molecule has 2 atom stereocenters. The van der Waals surface area contributed by atoms with Gasteiger partial charge in [0.2, 0.25) is 5.91 Å². The van der Waals surface area contributed by atoms with Gasteiger partial charge in [0.15, 0.2) is 0 Å². The molecule has 1 aromatic rings. The molecule has 2 aliphatic rings. The Morgan fingerprint density at radius 2 is 2.39 bits per heavy atom. The average molecular weight is 264 g/mol. The molecule has 4 heteroatoms. The molecule has 2 saturated heterocycles. The predicted octanol–water partition coefficient (Wildman–Crippen LogP) is 2.24. The third kappa shape index (κ3) is 2.59. The van der Waals surface area contributed by atoms with Crippen molar-refractivity contribution in [1.82, 2.24) is 10.2 Å². The van der Waals surface area contributed by atoms with Crippen molar-refractivity contribution in [3.8, 4) is 0 Å². The quantitative estimate of drug-likeness (QED) is 0.908. The van der Waals surface area contributed by atoms with E-state index in [4.69, 9.17) is 0 Å². The lowest BCUT2D eigenvalue weighted by Gasteiger charge is -2.38. The first-order chi connectivity index (χ1) is 8.83. The molecule has 18 heavy (non-hydrogen) atoms. The summed E-state index contributed by atoms with van der Waals surface area (Å²) in [6.45, 7) is 3.12. The molecule has 2 fully saturated rings. The van der Waals surface area contributed by atoms with E-state index in [9.17, 15) is 4.79 Å². The fourth-order valence-electron chi connectivity index (χ4n) is 3.26. The van der Waals surface area contributed by atoms with E-state index in [-0.39, 0.29) is 5.91 Å². The van der Waals surface area contributed by atoms with Gasteiger partial charge in [-0.2, -0.15) is 11.3 Å². The van der Waals surface area contributed by atoms with Gasteiger partial charge in [0, 0.05) is 31.5 Å². The SMILES string of the molecule is O=C1CC(C2CCCCN2Cc2ccsc2)CN1. The summed E-state index contributed by atoms with van der Waals surface area (Å²) in [5.74, 6) is 0.762. The molecule has 98 valence electrons. The molecule has 1 aromatic heterocycles. The van der Waals surface area contributed by atoms with Gasteiger partial charge in [0.1, 0.15) is 0 Å². The Balaban J connectivity index is 1.68. The summed E-state index contributed by atoms with van der Waals surface area (Å²) >= 11 is 1.77. The maximum atomic E-state index is 11.4. The van der Waals surface area contributed by atoms with E-state index in [0.717, 1.165) is 19.5 Å². The number of amides is 1. The Labute approximate surface area is 112 Å². The fraction of sp³-hybridized carbons (Fsp3) is 0.643. The van der Waals surface area contributed by atoms with Gasteiger partial charge >= 0.3 is 0 Å². The fourth-order valence-corrected chi connectivity index (χ4v) is 3.92. The minimum atomic E-state index is 0.237. The monoisotopic (exact) mass is 264 g/mol. The lowest BCUT2D eigenvalue weighted by atomic mass is 9.89. The molecule has 1 N–H and O–H groups in total. The zero-order valence-electron chi connectivity index (χ0n) is 10.6. The molecule has 0 spiro atoms. The van der Waals surface area contributed by atoms with E-state index in [2.05, 4.69) is 27.0 Å². The van der Waals surface area contributed by atoms with Crippen LogP contribution in [0.1, 0.15) is 31.2 Å². The Hall–Kier alpha value is -0.870. The Kier molecular flexibility index (Phi) is 3.66. The number of piperidine rings is 1. The number of hydrogen-bond acceptors (Lipinski definition) is 3. The molecule has 3 heterocycles. The number of hydrogen-bond donors (Lipinski definition) is 1. The number of carbonyl (C=O) groups is 1. The van der Waals surface area contributed by atoms with Crippen LogP contribution in [0.4, 0.5) is 0 Å². The molecule has 1 amide bonds. The lowest BCUT2D eigenvalue weighted by Crippen LogP contribution is -2.44. The third-order valence-corrected chi connectivity index (χ3v) is 4.92. The van der Waals surface area contributed by atoms with Crippen LogP contribution in [-0.4, -0.2) is 29.9 Å². The summed E-state index contributed by atoms with van der Waals surface area (Å²) in [7, 11) is 0. The number of nitrogens with one attached hydrogen (secondary N) is 1. The number of likely N-dealkylation sites (tertiary alicyclic amines) is 1. The molecule has 2 unspecified atom stereocenters. The highest BCUT2D eigenvalue weighted by Crippen LogP contribution is 2.29. The van der Waals surface area contributed by atoms with Gasteiger partial charge in [-0.3, -0.25) is 9.69 Å². The van der Waals surface area contributed by atoms with Crippen molar-refractivity contribution in [2.75, 3.05) is 13.1 Å². The zero-order chi connectivity index (χ0) is 12.4. The van der Waals surface area contributed by atoms with Crippen LogP contribution in [0.3, 0.4) is 0 Å². The molecular weight excluding hydrogens is 244 g/mol. The predicted molar refractivity (Wildman–Crippen MR) is 73.5 cm³/mol. The van der Waals surface area contributed by atoms with Crippen molar-refractivity contribution in [1.29, 1.82) is 0 Å². The van der Waals surface area contributed by atoms with Crippen LogP contribution in [0.25, 0.3) is 0 Å². The highest BCUT2D eigenvalue weighted by atomic mass is 32.1. The van der Waals surface area contributed by atoms with Crippen molar-refractivity contribution < 1.29 is 4.79 Å². The maximum Gasteiger partial charge on any atom is 0.220 e. The Morgan fingerprint density at radius 1 is 1.44 bits per heavy atom. The van der Waals surface area contributed by atoms with E-state index in [1.165, 1.54) is 31.4 Å². The lowest BCUT2D eigenvalue weighted by molar-refractivity contribution is -0.119. The zero-order valence-corrected chi connectivity index (χ0v) is 11.4. The van der Waals surface area contributed by atoms with Crippen molar-refractivity contribution in [3.63, 3.8) is 0 Å². The normalized spacial score (nSPS) is 29.4. The first kappa shape index (κ1) is 12.2. The van der Waals surface area contributed by atoms with Crippen molar-refractivity contribution in [2.45, 2.75) is 38.3 Å². The van der Waals surface area contributed by atoms with Crippen molar-refractivity contribution in [2.24, 2.45) is 5.92 Å². The van der Waals surface area contributed by atoms with Gasteiger partial charge in [-0.1, -0.05) is 6.42 Å². The molecule has 3 rings (SSSR count). The molecular formula is C14H20N2OS. The van der Waals surface area contributed by atoms with E-state index in [1.54, 1.807) is 11.3 Å².